The molecule has 0 saturated carbocycles. The van der Waals surface area contributed by atoms with Crippen LogP contribution in [0.3, 0.4) is 0 Å². The average Bonchev–Trinajstić information content (AvgIpc) is 3.17. The molecule has 4 rings (SSSR count). The standard InChI is InChI=1S/C24H15BrF4N4O3/c25-15-8-9-19-13(10-15)11-20(21(34)31-18-7-2-1-6-17(18)26)33(19)32-23(36)22(35)30-16-5-3-4-14(12-16)24(27,28)29/h1-12H,(H,30,35)(H,31,34)(H,32,36). The van der Waals surface area contributed by atoms with Crippen molar-refractivity contribution in [1.29, 1.82) is 0 Å². The molecule has 3 amide bonds. The molecular formula is C24H15BrF4N4O3. The molecule has 1 aromatic heterocycles. The lowest BCUT2D eigenvalue weighted by Crippen LogP contribution is -2.36. The zero-order chi connectivity index (χ0) is 26.0. The molecule has 0 atom stereocenters. The second kappa shape index (κ2) is 9.82. The molecule has 0 saturated heterocycles. The van der Waals surface area contributed by atoms with Gasteiger partial charge in [-0.25, -0.2) is 9.07 Å². The number of carbonyl (C=O) groups excluding carboxylic acids is 3. The molecule has 0 radical (unpaired) electrons. The predicted molar refractivity (Wildman–Crippen MR) is 128 cm³/mol. The van der Waals surface area contributed by atoms with Gasteiger partial charge in [0.1, 0.15) is 11.5 Å². The van der Waals surface area contributed by atoms with Gasteiger partial charge in [-0.15, -0.1) is 0 Å². The Labute approximate surface area is 209 Å². The van der Waals surface area contributed by atoms with E-state index in [1.807, 2.05) is 0 Å². The highest BCUT2D eigenvalue weighted by atomic mass is 79.9. The van der Waals surface area contributed by atoms with E-state index in [2.05, 4.69) is 32.0 Å². The van der Waals surface area contributed by atoms with Gasteiger partial charge in [0.2, 0.25) is 0 Å². The molecule has 3 aromatic carbocycles. The Bertz CT molecular complexity index is 1500. The predicted octanol–water partition coefficient (Wildman–Crippen LogP) is 5.52. The summed E-state index contributed by atoms with van der Waals surface area (Å²) in [7, 11) is 0. The molecular weight excluding hydrogens is 548 g/mol. The minimum Gasteiger partial charge on any atom is -0.318 e. The molecule has 12 heteroatoms. The van der Waals surface area contributed by atoms with Crippen LogP contribution >= 0.6 is 15.9 Å². The first-order valence-corrected chi connectivity index (χ1v) is 11.0. The minimum absolute atomic E-state index is 0.103. The third kappa shape index (κ3) is 5.38. The minimum atomic E-state index is -4.64. The summed E-state index contributed by atoms with van der Waals surface area (Å²) >= 11 is 3.31. The van der Waals surface area contributed by atoms with Crippen LogP contribution in [0.2, 0.25) is 0 Å². The van der Waals surface area contributed by atoms with Crippen molar-refractivity contribution in [2.24, 2.45) is 0 Å². The van der Waals surface area contributed by atoms with Crippen molar-refractivity contribution in [2.75, 3.05) is 16.1 Å². The molecule has 1 heterocycles. The summed E-state index contributed by atoms with van der Waals surface area (Å²) < 4.78 is 54.5. The maximum absolute atomic E-state index is 14.0. The Morgan fingerprint density at radius 3 is 2.31 bits per heavy atom. The molecule has 0 aliphatic rings. The van der Waals surface area contributed by atoms with Crippen molar-refractivity contribution in [3.05, 3.63) is 94.3 Å². The molecule has 0 unspecified atom stereocenters. The number of para-hydroxylation sites is 1. The topological polar surface area (TPSA) is 92.2 Å². The molecule has 36 heavy (non-hydrogen) atoms. The quantitative estimate of drug-likeness (QED) is 0.226. The van der Waals surface area contributed by atoms with Crippen molar-refractivity contribution >= 4 is 55.9 Å². The van der Waals surface area contributed by atoms with Gasteiger partial charge in [0.05, 0.1) is 16.8 Å². The van der Waals surface area contributed by atoms with Crippen LogP contribution in [0.5, 0.6) is 0 Å². The number of amides is 3. The highest BCUT2D eigenvalue weighted by Crippen LogP contribution is 2.30. The number of nitrogens with one attached hydrogen (secondary N) is 3. The van der Waals surface area contributed by atoms with E-state index in [9.17, 15) is 31.9 Å². The van der Waals surface area contributed by atoms with E-state index in [-0.39, 0.29) is 17.1 Å². The summed E-state index contributed by atoms with van der Waals surface area (Å²) in [4.78, 5) is 38.0. The third-order valence-electron chi connectivity index (χ3n) is 4.99. The van der Waals surface area contributed by atoms with E-state index in [0.29, 0.717) is 21.4 Å². The van der Waals surface area contributed by atoms with Crippen LogP contribution in [-0.4, -0.2) is 22.4 Å². The lowest BCUT2D eigenvalue weighted by Gasteiger charge is -2.13. The van der Waals surface area contributed by atoms with E-state index in [4.69, 9.17) is 0 Å². The Kier molecular flexibility index (Phi) is 6.80. The first-order valence-electron chi connectivity index (χ1n) is 10.2. The first kappa shape index (κ1) is 24.9. The maximum atomic E-state index is 14.0. The van der Waals surface area contributed by atoms with Crippen LogP contribution in [0.1, 0.15) is 16.1 Å². The molecule has 184 valence electrons. The normalized spacial score (nSPS) is 11.2. The number of nitrogens with zero attached hydrogens (tertiary/aromatic N) is 1. The highest BCUT2D eigenvalue weighted by molar-refractivity contribution is 9.10. The summed E-state index contributed by atoms with van der Waals surface area (Å²) in [5.41, 5.74) is 1.12. The zero-order valence-corrected chi connectivity index (χ0v) is 19.6. The van der Waals surface area contributed by atoms with Crippen LogP contribution in [0.25, 0.3) is 10.9 Å². The van der Waals surface area contributed by atoms with Crippen molar-refractivity contribution in [3.63, 3.8) is 0 Å². The van der Waals surface area contributed by atoms with Crippen molar-refractivity contribution in [2.45, 2.75) is 6.18 Å². The summed E-state index contributed by atoms with van der Waals surface area (Å²) in [6, 6.07) is 15.5. The Morgan fingerprint density at radius 1 is 0.833 bits per heavy atom. The van der Waals surface area contributed by atoms with Gasteiger partial charge in [0.15, 0.2) is 0 Å². The smallest absolute Gasteiger partial charge is 0.318 e. The van der Waals surface area contributed by atoms with E-state index < -0.39 is 35.3 Å². The molecule has 0 aliphatic carbocycles. The number of benzene rings is 3. The largest absolute Gasteiger partial charge is 0.416 e. The van der Waals surface area contributed by atoms with E-state index in [1.165, 1.54) is 30.3 Å². The van der Waals surface area contributed by atoms with Gasteiger partial charge in [-0.2, -0.15) is 13.2 Å². The van der Waals surface area contributed by atoms with Gasteiger partial charge < -0.3 is 10.6 Å². The highest BCUT2D eigenvalue weighted by Gasteiger charge is 2.30. The SMILES string of the molecule is O=C(Nc1cccc(C(F)(F)F)c1)C(=O)Nn1c(C(=O)Nc2ccccc2F)cc2cc(Br)ccc21. The fourth-order valence-corrected chi connectivity index (χ4v) is 3.71. The van der Waals surface area contributed by atoms with Gasteiger partial charge in [0.25, 0.3) is 5.91 Å². The van der Waals surface area contributed by atoms with Gasteiger partial charge in [0, 0.05) is 15.5 Å². The molecule has 0 spiro atoms. The molecule has 0 aliphatic heterocycles. The third-order valence-corrected chi connectivity index (χ3v) is 5.48. The number of rotatable bonds is 4. The van der Waals surface area contributed by atoms with E-state index in [1.54, 1.807) is 18.2 Å². The average molecular weight is 563 g/mol. The lowest BCUT2D eigenvalue weighted by atomic mass is 10.2. The summed E-state index contributed by atoms with van der Waals surface area (Å²) in [6.45, 7) is 0. The lowest BCUT2D eigenvalue weighted by molar-refractivity contribution is -0.137. The van der Waals surface area contributed by atoms with Crippen molar-refractivity contribution < 1.29 is 31.9 Å². The van der Waals surface area contributed by atoms with Gasteiger partial charge in [-0.1, -0.05) is 34.1 Å². The molecule has 4 aromatic rings. The number of hydrogen-bond acceptors (Lipinski definition) is 3. The second-order valence-corrected chi connectivity index (χ2v) is 8.39. The van der Waals surface area contributed by atoms with Crippen LogP contribution < -0.4 is 16.1 Å². The fourth-order valence-electron chi connectivity index (χ4n) is 3.34. The molecule has 7 nitrogen and oxygen atoms in total. The number of anilines is 2. The fraction of sp³-hybridized carbons (Fsp3) is 0.0417. The number of aromatic nitrogens is 1. The van der Waals surface area contributed by atoms with Crippen LogP contribution in [-0.2, 0) is 15.8 Å². The number of carbonyl (C=O) groups is 3. The van der Waals surface area contributed by atoms with Crippen LogP contribution in [0.4, 0.5) is 28.9 Å². The number of alkyl halides is 3. The first-order chi connectivity index (χ1) is 17.0. The molecule has 0 bridgehead atoms. The van der Waals surface area contributed by atoms with Gasteiger partial charge in [-0.3, -0.25) is 19.8 Å². The summed E-state index contributed by atoms with van der Waals surface area (Å²) in [5, 5.41) is 5.00. The summed E-state index contributed by atoms with van der Waals surface area (Å²) in [5.74, 6) is -3.99. The Morgan fingerprint density at radius 2 is 1.58 bits per heavy atom. The van der Waals surface area contributed by atoms with Crippen LogP contribution in [0.15, 0.2) is 77.3 Å². The van der Waals surface area contributed by atoms with Gasteiger partial charge >= 0.3 is 18.0 Å². The van der Waals surface area contributed by atoms with Crippen molar-refractivity contribution in [1.82, 2.24) is 4.68 Å². The van der Waals surface area contributed by atoms with Crippen molar-refractivity contribution in [3.8, 4) is 0 Å². The zero-order valence-electron chi connectivity index (χ0n) is 18.0. The Hall–Kier alpha value is -4.19. The molecule has 0 fully saturated rings. The Balaban J connectivity index is 1.61. The van der Waals surface area contributed by atoms with E-state index in [0.717, 1.165) is 22.9 Å². The van der Waals surface area contributed by atoms with E-state index >= 15 is 0 Å². The summed E-state index contributed by atoms with van der Waals surface area (Å²) in [6.07, 6.45) is -4.64. The second-order valence-electron chi connectivity index (χ2n) is 7.48. The van der Waals surface area contributed by atoms with Gasteiger partial charge in [-0.05, 0) is 54.6 Å². The number of fused-ring (bicyclic) bond motifs is 1. The monoisotopic (exact) mass is 562 g/mol. The number of halogens is 5. The van der Waals surface area contributed by atoms with Crippen LogP contribution in [0, 0.1) is 5.82 Å². The maximum Gasteiger partial charge on any atom is 0.416 e. The molecule has 3 N–H and O–H groups in total. The number of hydrogen-bond donors (Lipinski definition) is 3.